The lowest BCUT2D eigenvalue weighted by atomic mass is 9.93. The normalized spacial score (nSPS) is 18.6. The fourth-order valence-electron chi connectivity index (χ4n) is 4.84. The number of hydrogen-bond acceptors (Lipinski definition) is 4. The Bertz CT molecular complexity index is 434. The van der Waals surface area contributed by atoms with Crippen molar-refractivity contribution in [2.24, 2.45) is 11.8 Å². The molecular formula is C29H54O4. The second-order valence-corrected chi connectivity index (χ2v) is 10.2. The molecule has 1 saturated carbocycles. The Morgan fingerprint density at radius 1 is 0.545 bits per heavy atom. The second kappa shape index (κ2) is 21.5. The number of rotatable bonds is 20. The average molecular weight is 467 g/mol. The number of ether oxygens (including phenoxy) is 2. The highest BCUT2D eigenvalue weighted by molar-refractivity contribution is 5.76. The van der Waals surface area contributed by atoms with E-state index >= 15 is 0 Å². The summed E-state index contributed by atoms with van der Waals surface area (Å²) < 4.78 is 11.2. The van der Waals surface area contributed by atoms with Crippen LogP contribution in [0.5, 0.6) is 0 Å². The molecule has 0 radical (unpaired) electrons. The first-order chi connectivity index (χ1) is 16.2. The van der Waals surface area contributed by atoms with Gasteiger partial charge in [0.1, 0.15) is 0 Å². The van der Waals surface area contributed by atoms with Crippen LogP contribution in [0.4, 0.5) is 0 Å². The molecule has 0 aromatic rings. The number of hydrogen-bond donors (Lipinski definition) is 0. The molecule has 0 saturated heterocycles. The summed E-state index contributed by atoms with van der Waals surface area (Å²) in [5.74, 6) is -0.467. The predicted molar refractivity (Wildman–Crippen MR) is 137 cm³/mol. The van der Waals surface area contributed by atoms with Crippen LogP contribution in [-0.4, -0.2) is 25.2 Å². The number of carbonyl (C=O) groups excluding carboxylic acids is 2. The Kier molecular flexibility index (Phi) is 19.5. The largest absolute Gasteiger partial charge is 0.465 e. The van der Waals surface area contributed by atoms with E-state index in [1.165, 1.54) is 77.0 Å². The Morgan fingerprint density at radius 2 is 0.879 bits per heavy atom. The highest BCUT2D eigenvalue weighted by Crippen LogP contribution is 2.29. The SMILES string of the molecule is CCCCCCCCCCOC(=O)C1CCCCC(C(=O)OCCCCCCCCCC)C1. The van der Waals surface area contributed by atoms with Crippen LogP contribution in [0.2, 0.25) is 0 Å². The molecule has 0 spiro atoms. The Hall–Kier alpha value is -1.06. The standard InChI is InChI=1S/C29H54O4/c1-3-5-7-9-11-13-15-19-23-32-28(30)26-21-17-18-22-27(25-26)29(31)33-24-20-16-14-12-10-8-6-4-2/h26-27H,3-25H2,1-2H3. The third-order valence-corrected chi connectivity index (χ3v) is 7.08. The Morgan fingerprint density at radius 3 is 1.24 bits per heavy atom. The van der Waals surface area contributed by atoms with E-state index in [-0.39, 0.29) is 23.8 Å². The molecule has 0 heterocycles. The monoisotopic (exact) mass is 466 g/mol. The van der Waals surface area contributed by atoms with Crippen molar-refractivity contribution in [3.63, 3.8) is 0 Å². The van der Waals surface area contributed by atoms with Gasteiger partial charge in [-0.3, -0.25) is 9.59 Å². The zero-order valence-corrected chi connectivity index (χ0v) is 22.1. The third-order valence-electron chi connectivity index (χ3n) is 7.08. The van der Waals surface area contributed by atoms with E-state index in [0.717, 1.165) is 51.4 Å². The lowest BCUT2D eigenvalue weighted by Gasteiger charge is -2.18. The number of esters is 2. The molecule has 4 nitrogen and oxygen atoms in total. The van der Waals surface area contributed by atoms with Crippen molar-refractivity contribution >= 4 is 11.9 Å². The van der Waals surface area contributed by atoms with Gasteiger partial charge in [-0.15, -0.1) is 0 Å². The van der Waals surface area contributed by atoms with Gasteiger partial charge in [-0.1, -0.05) is 117 Å². The molecule has 2 unspecified atom stereocenters. The smallest absolute Gasteiger partial charge is 0.308 e. The Balaban J connectivity index is 2.13. The quantitative estimate of drug-likeness (QED) is 0.102. The van der Waals surface area contributed by atoms with E-state index in [2.05, 4.69) is 13.8 Å². The van der Waals surface area contributed by atoms with E-state index in [4.69, 9.17) is 9.47 Å². The molecule has 1 aliphatic rings. The number of carbonyl (C=O) groups is 2. The first-order valence-electron chi connectivity index (χ1n) is 14.5. The second-order valence-electron chi connectivity index (χ2n) is 10.2. The van der Waals surface area contributed by atoms with Crippen molar-refractivity contribution in [2.75, 3.05) is 13.2 Å². The molecule has 4 heteroatoms. The fourth-order valence-corrected chi connectivity index (χ4v) is 4.84. The highest BCUT2D eigenvalue weighted by Gasteiger charge is 2.31. The van der Waals surface area contributed by atoms with Crippen molar-refractivity contribution in [3.05, 3.63) is 0 Å². The van der Waals surface area contributed by atoms with Crippen molar-refractivity contribution in [3.8, 4) is 0 Å². The molecule has 0 N–H and O–H groups in total. The van der Waals surface area contributed by atoms with E-state index in [9.17, 15) is 9.59 Å². The topological polar surface area (TPSA) is 52.6 Å². The summed E-state index contributed by atoms with van der Waals surface area (Å²) in [6, 6.07) is 0. The van der Waals surface area contributed by atoms with Gasteiger partial charge in [-0.2, -0.15) is 0 Å². The van der Waals surface area contributed by atoms with E-state index in [0.29, 0.717) is 19.6 Å². The highest BCUT2D eigenvalue weighted by atomic mass is 16.5. The van der Waals surface area contributed by atoms with Gasteiger partial charge in [-0.25, -0.2) is 0 Å². The molecular weight excluding hydrogens is 412 g/mol. The van der Waals surface area contributed by atoms with Gasteiger partial charge >= 0.3 is 11.9 Å². The average Bonchev–Trinajstić information content (AvgIpc) is 3.08. The molecule has 0 bridgehead atoms. The maximum atomic E-state index is 12.6. The molecule has 0 aliphatic heterocycles. The minimum Gasteiger partial charge on any atom is -0.465 e. The summed E-state index contributed by atoms with van der Waals surface area (Å²) in [5.41, 5.74) is 0. The van der Waals surface area contributed by atoms with Gasteiger partial charge in [0.25, 0.3) is 0 Å². The maximum absolute atomic E-state index is 12.6. The van der Waals surface area contributed by atoms with Crippen LogP contribution in [0.3, 0.4) is 0 Å². The summed E-state index contributed by atoms with van der Waals surface area (Å²) in [6.45, 7) is 5.54. The zero-order chi connectivity index (χ0) is 24.0. The molecule has 1 fully saturated rings. The van der Waals surface area contributed by atoms with Crippen LogP contribution < -0.4 is 0 Å². The van der Waals surface area contributed by atoms with Crippen molar-refractivity contribution in [1.29, 1.82) is 0 Å². The maximum Gasteiger partial charge on any atom is 0.308 e. The summed E-state index contributed by atoms with van der Waals surface area (Å²) in [6.07, 6.45) is 24.1. The van der Waals surface area contributed by atoms with Gasteiger partial charge in [0.15, 0.2) is 0 Å². The summed E-state index contributed by atoms with van der Waals surface area (Å²) >= 11 is 0. The lowest BCUT2D eigenvalue weighted by molar-refractivity contribution is -0.152. The van der Waals surface area contributed by atoms with Crippen LogP contribution in [0, 0.1) is 11.8 Å². The fraction of sp³-hybridized carbons (Fsp3) is 0.931. The van der Waals surface area contributed by atoms with Gasteiger partial charge < -0.3 is 9.47 Å². The van der Waals surface area contributed by atoms with E-state index < -0.39 is 0 Å². The van der Waals surface area contributed by atoms with Crippen LogP contribution in [-0.2, 0) is 19.1 Å². The van der Waals surface area contributed by atoms with Gasteiger partial charge in [0.05, 0.1) is 25.0 Å². The van der Waals surface area contributed by atoms with Crippen LogP contribution in [0.1, 0.15) is 149 Å². The van der Waals surface area contributed by atoms with Crippen LogP contribution in [0.25, 0.3) is 0 Å². The Labute approximate surface area is 205 Å². The predicted octanol–water partition coefficient (Wildman–Crippen LogP) is 8.55. The lowest BCUT2D eigenvalue weighted by Crippen LogP contribution is -2.25. The van der Waals surface area contributed by atoms with Gasteiger partial charge in [0, 0.05) is 0 Å². The van der Waals surface area contributed by atoms with Crippen LogP contribution >= 0.6 is 0 Å². The summed E-state index contributed by atoms with van der Waals surface area (Å²) in [5, 5.41) is 0. The summed E-state index contributed by atoms with van der Waals surface area (Å²) in [4.78, 5) is 25.2. The first-order valence-corrected chi connectivity index (χ1v) is 14.5. The van der Waals surface area contributed by atoms with E-state index in [1.807, 2.05) is 0 Å². The van der Waals surface area contributed by atoms with Crippen molar-refractivity contribution in [1.82, 2.24) is 0 Å². The molecule has 33 heavy (non-hydrogen) atoms. The molecule has 2 atom stereocenters. The van der Waals surface area contributed by atoms with Gasteiger partial charge in [-0.05, 0) is 32.1 Å². The molecule has 1 aliphatic carbocycles. The number of unbranched alkanes of at least 4 members (excludes halogenated alkanes) is 14. The zero-order valence-electron chi connectivity index (χ0n) is 22.1. The summed E-state index contributed by atoms with van der Waals surface area (Å²) in [7, 11) is 0. The molecule has 0 aromatic heterocycles. The molecule has 194 valence electrons. The third kappa shape index (κ3) is 16.2. The first kappa shape index (κ1) is 30.0. The van der Waals surface area contributed by atoms with Crippen molar-refractivity contribution in [2.45, 2.75) is 149 Å². The molecule has 0 amide bonds. The van der Waals surface area contributed by atoms with Gasteiger partial charge in [0.2, 0.25) is 0 Å². The molecule has 0 aromatic carbocycles. The molecule has 1 rings (SSSR count). The minimum absolute atomic E-state index is 0.0966. The van der Waals surface area contributed by atoms with E-state index in [1.54, 1.807) is 0 Å². The van der Waals surface area contributed by atoms with Crippen LogP contribution in [0.15, 0.2) is 0 Å². The minimum atomic E-state index is -0.137. The van der Waals surface area contributed by atoms with Crippen molar-refractivity contribution < 1.29 is 19.1 Å².